The van der Waals surface area contributed by atoms with E-state index in [1.54, 1.807) is 25.1 Å². The molecule has 0 aromatic heterocycles. The van der Waals surface area contributed by atoms with Crippen molar-refractivity contribution in [2.75, 3.05) is 7.11 Å². The van der Waals surface area contributed by atoms with Gasteiger partial charge in [0.15, 0.2) is 5.78 Å². The number of Topliss-reactive ketones (excluding diaryl/α,β-unsaturated/α-hetero) is 1. The van der Waals surface area contributed by atoms with Crippen LogP contribution in [-0.2, 0) is 4.74 Å². The van der Waals surface area contributed by atoms with Crippen molar-refractivity contribution in [2.45, 2.75) is 11.8 Å². The Balaban J connectivity index is 3.09. The standard InChI is InChI=1S/C11H10Br2O3/c1-6(12)10(14)7-3-4-8(9(13)5-7)11(15)16-2/h3-6H,1-2H3. The summed E-state index contributed by atoms with van der Waals surface area (Å²) in [7, 11) is 1.31. The fraction of sp³-hybridized carbons (Fsp3) is 0.273. The molecule has 0 aliphatic rings. The molecule has 0 aliphatic carbocycles. The third kappa shape index (κ3) is 2.92. The Hall–Kier alpha value is -0.680. The van der Waals surface area contributed by atoms with Crippen molar-refractivity contribution in [3.63, 3.8) is 0 Å². The predicted octanol–water partition coefficient (Wildman–Crippen LogP) is 3.20. The van der Waals surface area contributed by atoms with Gasteiger partial charge in [0.1, 0.15) is 0 Å². The van der Waals surface area contributed by atoms with Crippen LogP contribution in [-0.4, -0.2) is 23.7 Å². The molecule has 0 bridgehead atoms. The molecule has 0 amide bonds. The number of carbonyl (C=O) groups excluding carboxylic acids is 2. The Morgan fingerprint density at radius 3 is 2.44 bits per heavy atom. The second-order valence-corrected chi connectivity index (χ2v) is 5.39. The Bertz CT molecular complexity index is 427. The van der Waals surface area contributed by atoms with E-state index in [0.717, 1.165) is 0 Å². The van der Waals surface area contributed by atoms with Gasteiger partial charge in [0.25, 0.3) is 0 Å². The van der Waals surface area contributed by atoms with E-state index >= 15 is 0 Å². The summed E-state index contributed by atoms with van der Waals surface area (Å²) in [5, 5.41) is 0. The molecule has 1 atom stereocenters. The first-order valence-corrected chi connectivity index (χ1v) is 6.24. The van der Waals surface area contributed by atoms with E-state index in [2.05, 4.69) is 36.6 Å². The number of ketones is 1. The highest BCUT2D eigenvalue weighted by molar-refractivity contribution is 9.10. The summed E-state index contributed by atoms with van der Waals surface area (Å²) in [5.74, 6) is -0.463. The third-order valence-electron chi connectivity index (χ3n) is 2.02. The van der Waals surface area contributed by atoms with Crippen LogP contribution in [0.4, 0.5) is 0 Å². The molecule has 0 fully saturated rings. The first-order chi connectivity index (χ1) is 7.47. The van der Waals surface area contributed by atoms with Crippen molar-refractivity contribution in [3.05, 3.63) is 33.8 Å². The topological polar surface area (TPSA) is 43.4 Å². The van der Waals surface area contributed by atoms with Gasteiger partial charge in [-0.3, -0.25) is 4.79 Å². The molecule has 0 N–H and O–H groups in total. The molecular formula is C11H10Br2O3. The normalized spacial score (nSPS) is 12.0. The highest BCUT2D eigenvalue weighted by Crippen LogP contribution is 2.21. The van der Waals surface area contributed by atoms with Crippen LogP contribution in [0.25, 0.3) is 0 Å². The van der Waals surface area contributed by atoms with Gasteiger partial charge in [-0.15, -0.1) is 0 Å². The zero-order valence-corrected chi connectivity index (χ0v) is 12.0. The van der Waals surface area contributed by atoms with Gasteiger partial charge < -0.3 is 4.74 Å². The highest BCUT2D eigenvalue weighted by atomic mass is 79.9. The lowest BCUT2D eigenvalue weighted by molar-refractivity contribution is 0.0599. The first-order valence-electron chi connectivity index (χ1n) is 4.53. The maximum atomic E-state index is 11.7. The van der Waals surface area contributed by atoms with Gasteiger partial charge in [-0.1, -0.05) is 22.0 Å². The molecule has 1 aromatic rings. The van der Waals surface area contributed by atoms with Crippen LogP contribution in [0.5, 0.6) is 0 Å². The van der Waals surface area contributed by atoms with Gasteiger partial charge in [-0.25, -0.2) is 4.79 Å². The van der Waals surface area contributed by atoms with Crippen molar-refractivity contribution < 1.29 is 14.3 Å². The minimum absolute atomic E-state index is 0.0304. The number of carbonyl (C=O) groups is 2. The fourth-order valence-electron chi connectivity index (χ4n) is 1.17. The molecule has 16 heavy (non-hydrogen) atoms. The summed E-state index contributed by atoms with van der Waals surface area (Å²) in [5.41, 5.74) is 0.949. The molecule has 0 saturated heterocycles. The fourth-order valence-corrected chi connectivity index (χ4v) is 1.98. The molecule has 0 saturated carbocycles. The lowest BCUT2D eigenvalue weighted by Crippen LogP contribution is -2.11. The zero-order chi connectivity index (χ0) is 12.3. The third-order valence-corrected chi connectivity index (χ3v) is 3.09. The van der Waals surface area contributed by atoms with Crippen LogP contribution < -0.4 is 0 Å². The van der Waals surface area contributed by atoms with E-state index < -0.39 is 5.97 Å². The molecule has 86 valence electrons. The summed E-state index contributed by atoms with van der Waals surface area (Å²) in [6.07, 6.45) is 0. The minimum Gasteiger partial charge on any atom is -0.465 e. The van der Waals surface area contributed by atoms with Crippen molar-refractivity contribution in [3.8, 4) is 0 Å². The molecule has 0 heterocycles. The molecule has 5 heteroatoms. The maximum absolute atomic E-state index is 11.7. The molecule has 1 unspecified atom stereocenters. The largest absolute Gasteiger partial charge is 0.465 e. The number of alkyl halides is 1. The summed E-state index contributed by atoms with van der Waals surface area (Å²) in [6.45, 7) is 1.75. The molecule has 0 spiro atoms. The molecule has 1 rings (SSSR count). The second kappa shape index (κ2) is 5.59. The average molecular weight is 350 g/mol. The van der Waals surface area contributed by atoms with Gasteiger partial charge in [-0.05, 0) is 35.0 Å². The number of esters is 1. The lowest BCUT2D eigenvalue weighted by atomic mass is 10.1. The summed E-state index contributed by atoms with van der Waals surface area (Å²) in [4.78, 5) is 22.7. The highest BCUT2D eigenvalue weighted by Gasteiger charge is 2.16. The maximum Gasteiger partial charge on any atom is 0.339 e. The monoisotopic (exact) mass is 348 g/mol. The first kappa shape index (κ1) is 13.4. The van der Waals surface area contributed by atoms with Crippen molar-refractivity contribution in [2.24, 2.45) is 0 Å². The number of methoxy groups -OCH3 is 1. The van der Waals surface area contributed by atoms with Crippen molar-refractivity contribution in [1.82, 2.24) is 0 Å². The van der Waals surface area contributed by atoms with Crippen LogP contribution in [0.3, 0.4) is 0 Å². The average Bonchev–Trinajstić information content (AvgIpc) is 2.26. The zero-order valence-electron chi connectivity index (χ0n) is 8.79. The molecule has 1 aromatic carbocycles. The van der Waals surface area contributed by atoms with Gasteiger partial charge in [0.2, 0.25) is 0 Å². The van der Waals surface area contributed by atoms with Crippen LogP contribution in [0, 0.1) is 0 Å². The van der Waals surface area contributed by atoms with E-state index in [4.69, 9.17) is 0 Å². The molecule has 3 nitrogen and oxygen atoms in total. The number of halogens is 2. The number of ether oxygens (including phenoxy) is 1. The summed E-state index contributed by atoms with van der Waals surface area (Å²) in [6, 6.07) is 4.79. The Morgan fingerprint density at radius 2 is 2.00 bits per heavy atom. The van der Waals surface area contributed by atoms with Crippen molar-refractivity contribution in [1.29, 1.82) is 0 Å². The number of rotatable bonds is 3. The van der Waals surface area contributed by atoms with E-state index in [9.17, 15) is 9.59 Å². The van der Waals surface area contributed by atoms with E-state index in [1.165, 1.54) is 7.11 Å². The van der Waals surface area contributed by atoms with Crippen LogP contribution >= 0.6 is 31.9 Å². The van der Waals surface area contributed by atoms with E-state index in [1.807, 2.05) is 0 Å². The molecular weight excluding hydrogens is 340 g/mol. The quantitative estimate of drug-likeness (QED) is 0.478. The number of hydrogen-bond donors (Lipinski definition) is 0. The predicted molar refractivity (Wildman–Crippen MR) is 68.2 cm³/mol. The molecule has 0 radical (unpaired) electrons. The SMILES string of the molecule is COC(=O)c1ccc(C(=O)C(C)Br)cc1Br. The Labute approximate surface area is 110 Å². The second-order valence-electron chi connectivity index (χ2n) is 3.17. The van der Waals surface area contributed by atoms with Gasteiger partial charge in [-0.2, -0.15) is 0 Å². The van der Waals surface area contributed by atoms with Crippen molar-refractivity contribution >= 4 is 43.6 Å². The Kier molecular flexibility index (Phi) is 4.68. The van der Waals surface area contributed by atoms with Gasteiger partial charge in [0.05, 0.1) is 17.5 Å². The molecule has 0 aliphatic heterocycles. The van der Waals surface area contributed by atoms with Crippen LogP contribution in [0.2, 0.25) is 0 Å². The smallest absolute Gasteiger partial charge is 0.339 e. The summed E-state index contributed by atoms with van der Waals surface area (Å²) >= 11 is 6.44. The minimum atomic E-state index is -0.433. The van der Waals surface area contributed by atoms with Crippen LogP contribution in [0.1, 0.15) is 27.6 Å². The number of hydrogen-bond acceptors (Lipinski definition) is 3. The number of benzene rings is 1. The lowest BCUT2D eigenvalue weighted by Gasteiger charge is -2.06. The van der Waals surface area contributed by atoms with Gasteiger partial charge in [0, 0.05) is 10.0 Å². The van der Waals surface area contributed by atoms with Gasteiger partial charge >= 0.3 is 5.97 Å². The van der Waals surface area contributed by atoms with E-state index in [0.29, 0.717) is 15.6 Å². The Morgan fingerprint density at radius 1 is 1.38 bits per heavy atom. The summed E-state index contributed by atoms with van der Waals surface area (Å²) < 4.78 is 5.16. The van der Waals surface area contributed by atoms with Crippen LogP contribution in [0.15, 0.2) is 22.7 Å². The van der Waals surface area contributed by atoms with E-state index in [-0.39, 0.29) is 10.6 Å².